The molecular formula is C6H19Cl2NSi3. The molecule has 0 rings (SSSR count). The predicted molar refractivity (Wildman–Crippen MR) is 67.4 cm³/mol. The van der Waals surface area contributed by atoms with E-state index in [0.717, 1.165) is 0 Å². The number of hydrogen-bond acceptors (Lipinski definition) is 1. The fraction of sp³-hybridized carbons (Fsp3) is 1.00. The summed E-state index contributed by atoms with van der Waals surface area (Å²) in [6.45, 7) is 13.9. The van der Waals surface area contributed by atoms with Crippen molar-refractivity contribution in [2.75, 3.05) is 0 Å². The maximum atomic E-state index is 6.11. The van der Waals surface area contributed by atoms with Crippen molar-refractivity contribution in [3.8, 4) is 0 Å². The minimum absolute atomic E-state index is 1.29. The lowest BCUT2D eigenvalue weighted by Gasteiger charge is -2.44. The summed E-state index contributed by atoms with van der Waals surface area (Å²) in [7, 11) is -4.22. The highest BCUT2D eigenvalue weighted by atomic mass is 35.7. The molecule has 0 aliphatic rings. The Hall–Kier alpha value is 1.19. The van der Waals surface area contributed by atoms with Gasteiger partial charge in [-0.1, -0.05) is 39.3 Å². The molecule has 0 aliphatic carbocycles. The molecule has 0 aliphatic heterocycles. The van der Waals surface area contributed by atoms with Gasteiger partial charge in [0.2, 0.25) is 0 Å². The predicted octanol–water partition coefficient (Wildman–Crippen LogP) is 3.15. The van der Waals surface area contributed by atoms with Crippen LogP contribution in [-0.2, 0) is 0 Å². The Labute approximate surface area is 89.3 Å². The molecule has 0 N–H and O–H groups in total. The van der Waals surface area contributed by atoms with Crippen LogP contribution in [0.5, 0.6) is 0 Å². The van der Waals surface area contributed by atoms with E-state index in [0.29, 0.717) is 0 Å². The Morgan fingerprint density at radius 2 is 1.08 bits per heavy atom. The highest BCUT2D eigenvalue weighted by Crippen LogP contribution is 2.24. The average Bonchev–Trinajstić information content (AvgIpc) is 1.49. The minimum atomic E-state index is -1.63. The van der Waals surface area contributed by atoms with Crippen molar-refractivity contribution in [1.29, 1.82) is 0 Å². The van der Waals surface area contributed by atoms with Crippen molar-refractivity contribution < 1.29 is 0 Å². The third-order valence-electron chi connectivity index (χ3n) is 1.64. The number of hydrogen-bond donors (Lipinski definition) is 0. The Bertz CT molecular complexity index is 136. The van der Waals surface area contributed by atoms with E-state index in [2.05, 4.69) is 43.2 Å². The molecule has 0 unspecified atom stereocenters. The normalized spacial score (nSPS) is 14.5. The Morgan fingerprint density at radius 3 is 1.08 bits per heavy atom. The van der Waals surface area contributed by atoms with Gasteiger partial charge < -0.3 is 3.90 Å². The first-order valence-corrected chi connectivity index (χ1v) is 15.0. The van der Waals surface area contributed by atoms with E-state index in [1.54, 1.807) is 0 Å². The van der Waals surface area contributed by atoms with Crippen molar-refractivity contribution in [2.45, 2.75) is 39.3 Å². The maximum Gasteiger partial charge on any atom is 0.296 e. The molecule has 0 aromatic carbocycles. The van der Waals surface area contributed by atoms with Gasteiger partial charge in [0.05, 0.1) is 0 Å². The van der Waals surface area contributed by atoms with Gasteiger partial charge in [0, 0.05) is 0 Å². The van der Waals surface area contributed by atoms with Crippen LogP contribution in [0, 0.1) is 0 Å². The van der Waals surface area contributed by atoms with E-state index in [9.17, 15) is 0 Å². The lowest BCUT2D eigenvalue weighted by atomic mass is 11.8. The molecule has 0 bridgehead atoms. The van der Waals surface area contributed by atoms with Gasteiger partial charge in [-0.3, -0.25) is 0 Å². The second kappa shape index (κ2) is 4.15. The van der Waals surface area contributed by atoms with Gasteiger partial charge >= 0.3 is 0 Å². The summed E-state index contributed by atoms with van der Waals surface area (Å²) in [5.41, 5.74) is 0. The van der Waals surface area contributed by atoms with Gasteiger partial charge in [-0.15, -0.1) is 22.2 Å². The van der Waals surface area contributed by atoms with Crippen LogP contribution in [0.1, 0.15) is 0 Å². The average molecular weight is 260 g/mol. The zero-order chi connectivity index (χ0) is 10.2. The zero-order valence-electron chi connectivity index (χ0n) is 8.78. The lowest BCUT2D eigenvalue weighted by Crippen LogP contribution is -2.62. The van der Waals surface area contributed by atoms with Gasteiger partial charge in [0.15, 0.2) is 0 Å². The fourth-order valence-electron chi connectivity index (χ4n) is 1.59. The first-order valence-electron chi connectivity index (χ1n) is 4.14. The highest BCUT2D eigenvalue weighted by Gasteiger charge is 2.38. The molecule has 0 amide bonds. The molecule has 0 heterocycles. The van der Waals surface area contributed by atoms with E-state index in [1.165, 1.54) is 0 Å². The monoisotopic (exact) mass is 259 g/mol. The third kappa shape index (κ3) is 3.93. The van der Waals surface area contributed by atoms with Crippen molar-refractivity contribution in [3.05, 3.63) is 0 Å². The van der Waals surface area contributed by atoms with E-state index >= 15 is 0 Å². The molecular weight excluding hydrogens is 241 g/mol. The summed E-state index contributed by atoms with van der Waals surface area (Å²) >= 11 is 12.2. The van der Waals surface area contributed by atoms with E-state index in [-0.39, 0.29) is 0 Å². The minimum Gasteiger partial charge on any atom is -0.347 e. The summed E-state index contributed by atoms with van der Waals surface area (Å²) in [6, 6.07) is 0. The second-order valence-electron chi connectivity index (χ2n) is 4.99. The van der Waals surface area contributed by atoms with Crippen LogP contribution in [-0.4, -0.2) is 27.9 Å². The molecule has 0 aromatic rings. The van der Waals surface area contributed by atoms with Crippen LogP contribution in [0.25, 0.3) is 0 Å². The fourth-order valence-corrected chi connectivity index (χ4v) is 24.9. The highest BCUT2D eigenvalue weighted by molar-refractivity contribution is 7.37. The number of rotatable bonds is 3. The van der Waals surface area contributed by atoms with Crippen LogP contribution in [0.2, 0.25) is 39.3 Å². The zero-order valence-corrected chi connectivity index (χ0v) is 13.4. The molecule has 0 radical (unpaired) electrons. The van der Waals surface area contributed by atoms with Gasteiger partial charge in [-0.2, -0.15) is 0 Å². The molecule has 12 heavy (non-hydrogen) atoms. The molecule has 0 spiro atoms. The van der Waals surface area contributed by atoms with Gasteiger partial charge in [0.25, 0.3) is 7.58 Å². The number of halogens is 2. The number of nitrogens with zero attached hydrogens (tertiary/aromatic N) is 1. The van der Waals surface area contributed by atoms with Crippen LogP contribution in [0.3, 0.4) is 0 Å². The summed E-state index contributed by atoms with van der Waals surface area (Å²) in [5, 5.41) is 0. The molecule has 6 heteroatoms. The molecule has 74 valence electrons. The lowest BCUT2D eigenvalue weighted by molar-refractivity contribution is 0.961. The van der Waals surface area contributed by atoms with Crippen LogP contribution in [0.15, 0.2) is 0 Å². The Balaban J connectivity index is 4.70. The second-order valence-corrected chi connectivity index (χ2v) is 20.3. The van der Waals surface area contributed by atoms with Crippen LogP contribution >= 0.6 is 22.2 Å². The van der Waals surface area contributed by atoms with E-state index in [4.69, 9.17) is 22.2 Å². The molecule has 0 aromatic heterocycles. The van der Waals surface area contributed by atoms with E-state index < -0.39 is 24.0 Å². The summed E-state index contributed by atoms with van der Waals surface area (Å²) < 4.78 is 2.49. The van der Waals surface area contributed by atoms with Crippen molar-refractivity contribution in [3.63, 3.8) is 0 Å². The van der Waals surface area contributed by atoms with Gasteiger partial charge in [0.1, 0.15) is 16.5 Å². The smallest absolute Gasteiger partial charge is 0.296 e. The Kier molecular flexibility index (Phi) is 4.56. The van der Waals surface area contributed by atoms with Gasteiger partial charge in [-0.25, -0.2) is 0 Å². The molecule has 1 nitrogen and oxygen atoms in total. The maximum absolute atomic E-state index is 6.11. The molecule has 0 saturated carbocycles. The molecule has 0 fully saturated rings. The first kappa shape index (κ1) is 13.2. The summed E-state index contributed by atoms with van der Waals surface area (Å²) in [6.07, 6.45) is 0. The van der Waals surface area contributed by atoms with Crippen molar-refractivity contribution in [2.24, 2.45) is 0 Å². The van der Waals surface area contributed by atoms with Crippen molar-refractivity contribution in [1.82, 2.24) is 3.90 Å². The summed E-state index contributed by atoms with van der Waals surface area (Å²) in [5.74, 6) is 0. The summed E-state index contributed by atoms with van der Waals surface area (Å²) in [4.78, 5) is 0. The first-order chi connectivity index (χ1) is 5.07. The largest absolute Gasteiger partial charge is 0.347 e. The topological polar surface area (TPSA) is 3.24 Å². The van der Waals surface area contributed by atoms with Crippen molar-refractivity contribution >= 4 is 46.2 Å². The SMILES string of the molecule is C[Si](C)(C)N([SiH](Cl)Cl)[Si](C)(C)C. The quantitative estimate of drug-likeness (QED) is 0.556. The Morgan fingerprint density at radius 1 is 0.833 bits per heavy atom. The van der Waals surface area contributed by atoms with Crippen LogP contribution in [0.4, 0.5) is 0 Å². The van der Waals surface area contributed by atoms with E-state index in [1.807, 2.05) is 0 Å². The standard InChI is InChI=1S/C6H19Cl2NSi3/c1-11(2,3)9(10(7)8)12(4,5)6/h10H,1-6H3. The van der Waals surface area contributed by atoms with Crippen LogP contribution < -0.4 is 0 Å². The van der Waals surface area contributed by atoms with Gasteiger partial charge in [-0.05, 0) is 0 Å². The third-order valence-corrected chi connectivity index (χ3v) is 18.3. The molecule has 0 atom stereocenters. The molecule has 0 saturated heterocycles.